The maximum absolute atomic E-state index is 9.37. The van der Waals surface area contributed by atoms with Crippen LogP contribution in [0.5, 0.6) is 11.5 Å². The number of nitrogens with one attached hydrogen (secondary N) is 1. The van der Waals surface area contributed by atoms with Crippen molar-refractivity contribution in [1.29, 1.82) is 0 Å². The van der Waals surface area contributed by atoms with Crippen molar-refractivity contribution in [2.75, 3.05) is 0 Å². The van der Waals surface area contributed by atoms with Crippen LogP contribution >= 0.6 is 0 Å². The van der Waals surface area contributed by atoms with E-state index in [0.717, 1.165) is 23.4 Å². The van der Waals surface area contributed by atoms with E-state index in [9.17, 15) is 10.2 Å². The minimum atomic E-state index is -0.0955. The van der Waals surface area contributed by atoms with Gasteiger partial charge < -0.3 is 15.5 Å². The van der Waals surface area contributed by atoms with Crippen LogP contribution in [0, 0.1) is 6.92 Å². The zero-order valence-electron chi connectivity index (χ0n) is 10.5. The zero-order valence-corrected chi connectivity index (χ0v) is 10.5. The highest BCUT2D eigenvalue weighted by Crippen LogP contribution is 2.24. The van der Waals surface area contributed by atoms with Crippen molar-refractivity contribution >= 4 is 0 Å². The summed E-state index contributed by atoms with van der Waals surface area (Å²) in [5, 5.41) is 26.0. The van der Waals surface area contributed by atoms with Crippen LogP contribution in [0.1, 0.15) is 16.8 Å². The van der Waals surface area contributed by atoms with E-state index in [2.05, 4.69) is 10.4 Å². The number of phenolic OH excluding ortho intramolecular Hbond substituents is 2. The first kappa shape index (κ1) is 12.4. The molecule has 0 atom stereocenters. The first-order chi connectivity index (χ1) is 8.58. The second kappa shape index (κ2) is 5.10. The summed E-state index contributed by atoms with van der Waals surface area (Å²) in [6.07, 6.45) is 1.84. The second-order valence-corrected chi connectivity index (χ2v) is 4.31. The molecule has 1 aromatic heterocycles. The molecule has 0 saturated heterocycles. The van der Waals surface area contributed by atoms with E-state index >= 15 is 0 Å². The lowest BCUT2D eigenvalue weighted by atomic mass is 10.2. The van der Waals surface area contributed by atoms with Crippen molar-refractivity contribution in [2.24, 2.45) is 7.05 Å². The fraction of sp³-hybridized carbons (Fsp3) is 0.308. The van der Waals surface area contributed by atoms with Gasteiger partial charge in [-0.25, -0.2) is 0 Å². The molecule has 18 heavy (non-hydrogen) atoms. The molecule has 2 aromatic rings. The smallest absolute Gasteiger partial charge is 0.157 e. The molecule has 0 unspecified atom stereocenters. The molecular formula is C13H17N3O2. The molecular weight excluding hydrogens is 230 g/mol. The first-order valence-electron chi connectivity index (χ1n) is 5.77. The molecule has 0 spiro atoms. The third-order valence-corrected chi connectivity index (χ3v) is 3.02. The number of aryl methyl sites for hydroxylation is 1. The summed E-state index contributed by atoms with van der Waals surface area (Å²) in [5.41, 5.74) is 3.21. The molecule has 0 aliphatic carbocycles. The van der Waals surface area contributed by atoms with E-state index in [1.165, 1.54) is 6.07 Å². The molecule has 1 aromatic carbocycles. The Morgan fingerprint density at radius 2 is 2.00 bits per heavy atom. The van der Waals surface area contributed by atoms with Gasteiger partial charge in [-0.15, -0.1) is 0 Å². The summed E-state index contributed by atoms with van der Waals surface area (Å²) in [5.74, 6) is -0.186. The summed E-state index contributed by atoms with van der Waals surface area (Å²) < 4.78 is 1.84. The number of phenols is 2. The summed E-state index contributed by atoms with van der Waals surface area (Å²) in [4.78, 5) is 0. The van der Waals surface area contributed by atoms with Gasteiger partial charge in [0.1, 0.15) is 0 Å². The number of aromatic nitrogens is 2. The fourth-order valence-corrected chi connectivity index (χ4v) is 1.74. The van der Waals surface area contributed by atoms with E-state index in [0.29, 0.717) is 6.54 Å². The van der Waals surface area contributed by atoms with Crippen molar-refractivity contribution in [3.63, 3.8) is 0 Å². The standard InChI is InChI=1S/C13H17N3O2/c1-9-11(8-15-16(9)2)7-14-6-10-3-4-12(17)13(18)5-10/h3-5,8,14,17-18H,6-7H2,1-2H3. The molecule has 5 heteroatoms. The number of aromatic hydroxyl groups is 2. The van der Waals surface area contributed by atoms with Gasteiger partial charge in [-0.1, -0.05) is 6.07 Å². The van der Waals surface area contributed by atoms with Gasteiger partial charge in [-0.05, 0) is 24.6 Å². The predicted molar refractivity (Wildman–Crippen MR) is 68.3 cm³/mol. The molecule has 0 radical (unpaired) electrons. The Balaban J connectivity index is 1.92. The molecule has 0 aliphatic heterocycles. The fourth-order valence-electron chi connectivity index (χ4n) is 1.74. The summed E-state index contributed by atoms with van der Waals surface area (Å²) >= 11 is 0. The average molecular weight is 247 g/mol. The summed E-state index contributed by atoms with van der Waals surface area (Å²) in [7, 11) is 1.91. The normalized spacial score (nSPS) is 10.8. The molecule has 96 valence electrons. The Kier molecular flexibility index (Phi) is 3.53. The predicted octanol–water partition coefficient (Wildman–Crippen LogP) is 1.43. The largest absolute Gasteiger partial charge is 0.504 e. The Labute approximate surface area is 106 Å². The first-order valence-corrected chi connectivity index (χ1v) is 5.77. The molecule has 0 saturated carbocycles. The van der Waals surface area contributed by atoms with Gasteiger partial charge >= 0.3 is 0 Å². The van der Waals surface area contributed by atoms with Crippen LogP contribution in [0.15, 0.2) is 24.4 Å². The van der Waals surface area contributed by atoms with Crippen LogP contribution in [0.25, 0.3) is 0 Å². The topological polar surface area (TPSA) is 70.3 Å². The Hall–Kier alpha value is -2.01. The van der Waals surface area contributed by atoms with Gasteiger partial charge in [-0.2, -0.15) is 5.10 Å². The zero-order chi connectivity index (χ0) is 13.1. The van der Waals surface area contributed by atoms with Crippen LogP contribution < -0.4 is 5.32 Å². The van der Waals surface area contributed by atoms with Crippen molar-refractivity contribution < 1.29 is 10.2 Å². The monoisotopic (exact) mass is 247 g/mol. The van der Waals surface area contributed by atoms with E-state index in [1.54, 1.807) is 12.1 Å². The maximum Gasteiger partial charge on any atom is 0.157 e. The number of nitrogens with zero attached hydrogens (tertiary/aromatic N) is 2. The van der Waals surface area contributed by atoms with E-state index in [1.807, 2.05) is 24.9 Å². The highest BCUT2D eigenvalue weighted by molar-refractivity contribution is 5.40. The van der Waals surface area contributed by atoms with Gasteiger partial charge in [0.2, 0.25) is 0 Å². The quantitative estimate of drug-likeness (QED) is 0.715. The van der Waals surface area contributed by atoms with Crippen molar-refractivity contribution in [2.45, 2.75) is 20.0 Å². The van der Waals surface area contributed by atoms with Crippen LogP contribution in [-0.2, 0) is 20.1 Å². The lowest BCUT2D eigenvalue weighted by Crippen LogP contribution is -2.13. The maximum atomic E-state index is 9.37. The number of hydrogen-bond donors (Lipinski definition) is 3. The van der Waals surface area contributed by atoms with Crippen LogP contribution in [0.2, 0.25) is 0 Å². The summed E-state index contributed by atoms with van der Waals surface area (Å²) in [6, 6.07) is 4.82. The molecule has 0 amide bonds. The SMILES string of the molecule is Cc1c(CNCc2ccc(O)c(O)c2)cnn1C. The van der Waals surface area contributed by atoms with Gasteiger partial charge in [0, 0.05) is 31.4 Å². The van der Waals surface area contributed by atoms with Gasteiger partial charge in [-0.3, -0.25) is 4.68 Å². The minimum absolute atomic E-state index is 0.0909. The summed E-state index contributed by atoms with van der Waals surface area (Å²) in [6.45, 7) is 3.37. The Bertz CT molecular complexity index is 549. The molecule has 3 N–H and O–H groups in total. The minimum Gasteiger partial charge on any atom is -0.504 e. The highest BCUT2D eigenvalue weighted by atomic mass is 16.3. The highest BCUT2D eigenvalue weighted by Gasteiger charge is 2.04. The molecule has 0 aliphatic rings. The van der Waals surface area contributed by atoms with Crippen molar-refractivity contribution in [3.05, 3.63) is 41.2 Å². The van der Waals surface area contributed by atoms with Crippen LogP contribution in [0.4, 0.5) is 0 Å². The van der Waals surface area contributed by atoms with Gasteiger partial charge in [0.15, 0.2) is 11.5 Å². The molecule has 1 heterocycles. The Morgan fingerprint density at radius 3 is 2.61 bits per heavy atom. The molecule has 5 nitrogen and oxygen atoms in total. The molecule has 2 rings (SSSR count). The van der Waals surface area contributed by atoms with Gasteiger partial charge in [0.05, 0.1) is 6.20 Å². The number of benzene rings is 1. The average Bonchev–Trinajstić information content (AvgIpc) is 2.66. The van der Waals surface area contributed by atoms with E-state index in [4.69, 9.17) is 0 Å². The Morgan fingerprint density at radius 1 is 1.22 bits per heavy atom. The number of hydrogen-bond acceptors (Lipinski definition) is 4. The number of rotatable bonds is 4. The third-order valence-electron chi connectivity index (χ3n) is 3.02. The second-order valence-electron chi connectivity index (χ2n) is 4.31. The lowest BCUT2D eigenvalue weighted by molar-refractivity contribution is 0.403. The lowest BCUT2D eigenvalue weighted by Gasteiger charge is -2.06. The third kappa shape index (κ3) is 2.62. The van der Waals surface area contributed by atoms with E-state index in [-0.39, 0.29) is 11.5 Å². The van der Waals surface area contributed by atoms with Crippen molar-refractivity contribution in [3.8, 4) is 11.5 Å². The van der Waals surface area contributed by atoms with Gasteiger partial charge in [0.25, 0.3) is 0 Å². The van der Waals surface area contributed by atoms with Crippen molar-refractivity contribution in [1.82, 2.24) is 15.1 Å². The molecule has 0 fully saturated rings. The van der Waals surface area contributed by atoms with E-state index < -0.39 is 0 Å². The molecule has 0 bridgehead atoms. The van der Waals surface area contributed by atoms with Crippen LogP contribution in [0.3, 0.4) is 0 Å². The van der Waals surface area contributed by atoms with Crippen LogP contribution in [-0.4, -0.2) is 20.0 Å².